The molecule has 2 unspecified atom stereocenters. The smallest absolute Gasteiger partial charge is 0.194 e. The van der Waals surface area contributed by atoms with E-state index < -0.39 is 0 Å². The number of rotatable bonds is 6. The SMILES string of the molecule is CCCN=C(NCCc1ccco1)N1CCC(C)C(n2ccnc2)C1.I. The summed E-state index contributed by atoms with van der Waals surface area (Å²) in [6.07, 6.45) is 10.7. The molecule has 0 bridgehead atoms. The van der Waals surface area contributed by atoms with E-state index in [0.717, 1.165) is 57.2 Å². The molecule has 144 valence electrons. The number of aliphatic imine (C=N–C) groups is 1. The molecular weight excluding hydrogens is 441 g/mol. The molecular formula is C19H30IN5O. The van der Waals surface area contributed by atoms with E-state index in [4.69, 9.17) is 9.41 Å². The number of hydrogen-bond acceptors (Lipinski definition) is 3. The molecule has 2 aromatic rings. The molecule has 0 amide bonds. The van der Waals surface area contributed by atoms with Gasteiger partial charge in [-0.15, -0.1) is 24.0 Å². The Morgan fingerprint density at radius 1 is 1.46 bits per heavy atom. The number of furan rings is 1. The second-order valence-corrected chi connectivity index (χ2v) is 6.75. The summed E-state index contributed by atoms with van der Waals surface area (Å²) in [5.74, 6) is 2.66. The fourth-order valence-corrected chi connectivity index (χ4v) is 3.33. The second kappa shape index (κ2) is 10.6. The van der Waals surface area contributed by atoms with Crippen molar-refractivity contribution in [3.8, 4) is 0 Å². The Kier molecular flexibility index (Phi) is 8.47. The highest BCUT2D eigenvalue weighted by atomic mass is 127. The Bertz CT molecular complexity index is 641. The zero-order valence-corrected chi connectivity index (χ0v) is 18.0. The second-order valence-electron chi connectivity index (χ2n) is 6.75. The molecule has 0 radical (unpaired) electrons. The summed E-state index contributed by atoms with van der Waals surface area (Å²) < 4.78 is 7.65. The number of likely N-dealkylation sites (tertiary alicyclic amines) is 1. The lowest BCUT2D eigenvalue weighted by molar-refractivity contribution is 0.189. The van der Waals surface area contributed by atoms with Gasteiger partial charge in [0.15, 0.2) is 5.96 Å². The third-order valence-corrected chi connectivity index (χ3v) is 4.85. The minimum absolute atomic E-state index is 0. The fourth-order valence-electron chi connectivity index (χ4n) is 3.33. The molecule has 3 rings (SSSR count). The first kappa shape index (κ1) is 20.8. The molecule has 1 N–H and O–H groups in total. The van der Waals surface area contributed by atoms with E-state index in [0.29, 0.717) is 12.0 Å². The van der Waals surface area contributed by atoms with E-state index in [1.54, 1.807) is 6.26 Å². The van der Waals surface area contributed by atoms with Crippen LogP contribution < -0.4 is 5.32 Å². The Labute approximate surface area is 173 Å². The van der Waals surface area contributed by atoms with Crippen molar-refractivity contribution in [3.63, 3.8) is 0 Å². The molecule has 2 aromatic heterocycles. The maximum Gasteiger partial charge on any atom is 0.194 e. The summed E-state index contributed by atoms with van der Waals surface area (Å²) in [5, 5.41) is 3.53. The summed E-state index contributed by atoms with van der Waals surface area (Å²) in [5.41, 5.74) is 0. The number of nitrogens with zero attached hydrogens (tertiary/aromatic N) is 4. The van der Waals surface area contributed by atoms with Crippen LogP contribution in [0.2, 0.25) is 0 Å². The van der Waals surface area contributed by atoms with E-state index >= 15 is 0 Å². The van der Waals surface area contributed by atoms with E-state index in [2.05, 4.69) is 39.8 Å². The van der Waals surface area contributed by atoms with Gasteiger partial charge in [0.2, 0.25) is 0 Å². The largest absolute Gasteiger partial charge is 0.469 e. The predicted molar refractivity (Wildman–Crippen MR) is 115 cm³/mol. The molecule has 1 fully saturated rings. The van der Waals surface area contributed by atoms with E-state index in [1.165, 1.54) is 0 Å². The van der Waals surface area contributed by atoms with Crippen LogP contribution in [0.1, 0.15) is 38.5 Å². The molecule has 6 nitrogen and oxygen atoms in total. The molecule has 3 heterocycles. The van der Waals surface area contributed by atoms with Crippen LogP contribution in [0, 0.1) is 5.92 Å². The fraction of sp³-hybridized carbons (Fsp3) is 0.579. The van der Waals surface area contributed by atoms with Crippen molar-refractivity contribution in [3.05, 3.63) is 42.9 Å². The van der Waals surface area contributed by atoms with Crippen LogP contribution in [-0.2, 0) is 6.42 Å². The summed E-state index contributed by atoms with van der Waals surface area (Å²) in [4.78, 5) is 11.4. The average molecular weight is 471 g/mol. The highest BCUT2D eigenvalue weighted by Crippen LogP contribution is 2.27. The maximum atomic E-state index is 5.42. The van der Waals surface area contributed by atoms with E-state index in [-0.39, 0.29) is 24.0 Å². The van der Waals surface area contributed by atoms with Crippen molar-refractivity contribution in [2.75, 3.05) is 26.2 Å². The number of halogens is 1. The lowest BCUT2D eigenvalue weighted by Crippen LogP contribution is -2.49. The monoisotopic (exact) mass is 471 g/mol. The first-order valence-electron chi connectivity index (χ1n) is 9.31. The van der Waals surface area contributed by atoms with Gasteiger partial charge in [0, 0.05) is 45.0 Å². The molecule has 0 saturated carbocycles. The number of hydrogen-bond donors (Lipinski definition) is 1. The molecule has 1 aliphatic heterocycles. The van der Waals surface area contributed by atoms with Gasteiger partial charge < -0.3 is 19.2 Å². The Morgan fingerprint density at radius 2 is 2.35 bits per heavy atom. The lowest BCUT2D eigenvalue weighted by Gasteiger charge is -2.39. The number of guanidine groups is 1. The van der Waals surface area contributed by atoms with Crippen molar-refractivity contribution < 1.29 is 4.42 Å². The molecule has 7 heteroatoms. The molecule has 1 saturated heterocycles. The molecule has 26 heavy (non-hydrogen) atoms. The van der Waals surface area contributed by atoms with Crippen LogP contribution in [0.25, 0.3) is 0 Å². The van der Waals surface area contributed by atoms with Gasteiger partial charge in [-0.05, 0) is 30.9 Å². The molecule has 2 atom stereocenters. The maximum absolute atomic E-state index is 5.42. The first-order chi connectivity index (χ1) is 12.3. The molecule has 0 aliphatic carbocycles. The van der Waals surface area contributed by atoms with Crippen molar-refractivity contribution in [1.29, 1.82) is 0 Å². The van der Waals surface area contributed by atoms with Crippen molar-refractivity contribution in [2.45, 2.75) is 39.2 Å². The first-order valence-corrected chi connectivity index (χ1v) is 9.31. The van der Waals surface area contributed by atoms with Gasteiger partial charge in [-0.25, -0.2) is 4.98 Å². The van der Waals surface area contributed by atoms with Crippen molar-refractivity contribution in [1.82, 2.24) is 19.8 Å². The van der Waals surface area contributed by atoms with E-state index in [1.807, 2.05) is 24.7 Å². The van der Waals surface area contributed by atoms with Gasteiger partial charge in [-0.2, -0.15) is 0 Å². The van der Waals surface area contributed by atoms with Crippen LogP contribution >= 0.6 is 24.0 Å². The topological polar surface area (TPSA) is 58.6 Å². The molecule has 0 aromatic carbocycles. The quantitative estimate of drug-likeness (QED) is 0.398. The van der Waals surface area contributed by atoms with Gasteiger partial charge in [-0.1, -0.05) is 13.8 Å². The number of imidazole rings is 1. The molecule has 1 aliphatic rings. The lowest BCUT2D eigenvalue weighted by atomic mass is 9.93. The van der Waals surface area contributed by atoms with Crippen LogP contribution in [0.3, 0.4) is 0 Å². The van der Waals surface area contributed by atoms with Crippen LogP contribution in [0.4, 0.5) is 0 Å². The van der Waals surface area contributed by atoms with Crippen molar-refractivity contribution >= 4 is 29.9 Å². The summed E-state index contributed by atoms with van der Waals surface area (Å²) in [6, 6.07) is 4.39. The van der Waals surface area contributed by atoms with Gasteiger partial charge >= 0.3 is 0 Å². The molecule has 0 spiro atoms. The average Bonchev–Trinajstić information content (AvgIpc) is 3.32. The number of aromatic nitrogens is 2. The summed E-state index contributed by atoms with van der Waals surface area (Å²) in [6.45, 7) is 8.19. The highest BCUT2D eigenvalue weighted by molar-refractivity contribution is 14.0. The predicted octanol–water partition coefficient (Wildman–Crippen LogP) is 3.58. The normalized spacial score (nSPS) is 20.7. The van der Waals surface area contributed by atoms with Crippen molar-refractivity contribution in [2.24, 2.45) is 10.9 Å². The summed E-state index contributed by atoms with van der Waals surface area (Å²) in [7, 11) is 0. The Hall–Kier alpha value is -1.51. The standard InChI is InChI=1S/C19H29N5O.HI/c1-3-8-21-19(22-9-6-17-5-4-13-25-17)23-11-7-16(2)18(14-23)24-12-10-20-15-24;/h4-5,10,12-13,15-16,18H,3,6-9,11,14H2,1-2H3,(H,21,22);1H. The highest BCUT2D eigenvalue weighted by Gasteiger charge is 2.28. The van der Waals surface area contributed by atoms with Crippen LogP contribution in [0.15, 0.2) is 46.5 Å². The zero-order chi connectivity index (χ0) is 17.5. The number of nitrogens with one attached hydrogen (secondary N) is 1. The third kappa shape index (κ3) is 5.49. The Morgan fingerprint density at radius 3 is 3.04 bits per heavy atom. The van der Waals surface area contributed by atoms with Gasteiger partial charge in [0.1, 0.15) is 5.76 Å². The zero-order valence-electron chi connectivity index (χ0n) is 15.7. The van der Waals surface area contributed by atoms with E-state index in [9.17, 15) is 0 Å². The van der Waals surface area contributed by atoms with Gasteiger partial charge in [0.05, 0.1) is 18.6 Å². The van der Waals surface area contributed by atoms with Gasteiger partial charge in [-0.3, -0.25) is 4.99 Å². The van der Waals surface area contributed by atoms with Gasteiger partial charge in [0.25, 0.3) is 0 Å². The Balaban J connectivity index is 0.00000243. The summed E-state index contributed by atoms with van der Waals surface area (Å²) >= 11 is 0. The van der Waals surface area contributed by atoms with Crippen LogP contribution in [0.5, 0.6) is 0 Å². The third-order valence-electron chi connectivity index (χ3n) is 4.85. The minimum Gasteiger partial charge on any atom is -0.469 e. The minimum atomic E-state index is 0. The number of piperidine rings is 1. The van der Waals surface area contributed by atoms with Crippen LogP contribution in [-0.4, -0.2) is 46.6 Å².